The van der Waals surface area contributed by atoms with E-state index in [1.165, 1.54) is 12.0 Å². The first kappa shape index (κ1) is 13.7. The van der Waals surface area contributed by atoms with Crippen molar-refractivity contribution >= 4 is 12.1 Å². The molecule has 0 aliphatic carbocycles. The lowest BCUT2D eigenvalue weighted by molar-refractivity contribution is -0.140. The smallest absolute Gasteiger partial charge is 0.409 e. The minimum Gasteiger partial charge on any atom is -0.469 e. The van der Waals surface area contributed by atoms with Gasteiger partial charge in [0, 0.05) is 13.6 Å². The lowest BCUT2D eigenvalue weighted by Gasteiger charge is -2.17. The third kappa shape index (κ3) is 6.76. The van der Waals surface area contributed by atoms with Gasteiger partial charge in [0.2, 0.25) is 0 Å². The third-order valence-electron chi connectivity index (χ3n) is 1.73. The van der Waals surface area contributed by atoms with Gasteiger partial charge in [-0.25, -0.2) is 4.79 Å². The van der Waals surface area contributed by atoms with E-state index < -0.39 is 6.09 Å². The number of hydrogen-bond acceptors (Lipinski definition) is 4. The average Bonchev–Trinajstić information content (AvgIpc) is 2.21. The second-order valence-corrected chi connectivity index (χ2v) is 3.72. The van der Waals surface area contributed by atoms with Gasteiger partial charge in [0.1, 0.15) is 0 Å². The number of rotatable bonds is 5. The van der Waals surface area contributed by atoms with Crippen LogP contribution in [0.15, 0.2) is 0 Å². The number of hydrogen-bond donors (Lipinski definition) is 0. The highest BCUT2D eigenvalue weighted by Gasteiger charge is 2.12. The van der Waals surface area contributed by atoms with Crippen molar-refractivity contribution < 1.29 is 19.1 Å². The molecular formula is C10H19NO4. The highest BCUT2D eigenvalue weighted by atomic mass is 16.6. The minimum atomic E-state index is -0.410. The lowest BCUT2D eigenvalue weighted by Crippen LogP contribution is -2.30. The molecule has 0 saturated carbocycles. The molecule has 0 aromatic carbocycles. The van der Waals surface area contributed by atoms with Gasteiger partial charge in [-0.05, 0) is 5.92 Å². The summed E-state index contributed by atoms with van der Waals surface area (Å²) in [6.45, 7) is 4.62. The quantitative estimate of drug-likeness (QED) is 0.651. The van der Waals surface area contributed by atoms with Crippen LogP contribution >= 0.6 is 0 Å². The molecule has 0 rings (SSSR count). The van der Waals surface area contributed by atoms with Crippen molar-refractivity contribution in [1.82, 2.24) is 4.90 Å². The predicted octanol–water partition coefficient (Wildman–Crippen LogP) is 1.27. The Bertz CT molecular complexity index is 215. The summed E-state index contributed by atoms with van der Waals surface area (Å²) >= 11 is 0. The summed E-state index contributed by atoms with van der Waals surface area (Å²) in [5.74, 6) is -0.0264. The molecule has 0 aromatic rings. The fourth-order valence-corrected chi connectivity index (χ4v) is 0.800. The van der Waals surface area contributed by atoms with Gasteiger partial charge in [-0.15, -0.1) is 0 Å². The van der Waals surface area contributed by atoms with Gasteiger partial charge in [0.05, 0.1) is 20.1 Å². The molecule has 5 heteroatoms. The number of carbonyl (C=O) groups is 2. The first-order valence-electron chi connectivity index (χ1n) is 4.92. The zero-order chi connectivity index (χ0) is 11.8. The Balaban J connectivity index is 3.74. The maximum atomic E-state index is 11.3. The Hall–Kier alpha value is -1.26. The van der Waals surface area contributed by atoms with E-state index in [0.717, 1.165) is 0 Å². The second-order valence-electron chi connectivity index (χ2n) is 3.72. The van der Waals surface area contributed by atoms with Crippen molar-refractivity contribution in [3.63, 3.8) is 0 Å². The Morgan fingerprint density at radius 3 is 2.40 bits per heavy atom. The Morgan fingerprint density at radius 2 is 1.93 bits per heavy atom. The van der Waals surface area contributed by atoms with Gasteiger partial charge in [-0.3, -0.25) is 4.79 Å². The van der Waals surface area contributed by atoms with Crippen LogP contribution in [0.4, 0.5) is 4.79 Å². The molecule has 0 bridgehead atoms. The van der Waals surface area contributed by atoms with Gasteiger partial charge in [-0.1, -0.05) is 13.8 Å². The fraction of sp³-hybridized carbons (Fsp3) is 0.800. The van der Waals surface area contributed by atoms with Crippen LogP contribution in [0.25, 0.3) is 0 Å². The first-order valence-corrected chi connectivity index (χ1v) is 4.92. The lowest BCUT2D eigenvalue weighted by atomic mass is 10.2. The number of amides is 1. The zero-order valence-electron chi connectivity index (χ0n) is 9.78. The Kier molecular flexibility index (Phi) is 6.49. The Labute approximate surface area is 90.3 Å². The summed E-state index contributed by atoms with van der Waals surface area (Å²) in [7, 11) is 2.91. The fourth-order valence-electron chi connectivity index (χ4n) is 0.800. The largest absolute Gasteiger partial charge is 0.469 e. The molecule has 0 aliphatic heterocycles. The molecule has 0 heterocycles. The molecule has 0 atom stereocenters. The van der Waals surface area contributed by atoms with Crippen LogP contribution in [-0.2, 0) is 14.3 Å². The van der Waals surface area contributed by atoms with E-state index >= 15 is 0 Å². The van der Waals surface area contributed by atoms with E-state index in [9.17, 15) is 9.59 Å². The van der Waals surface area contributed by atoms with Gasteiger partial charge >= 0.3 is 12.1 Å². The van der Waals surface area contributed by atoms with Gasteiger partial charge < -0.3 is 14.4 Å². The van der Waals surface area contributed by atoms with E-state index in [-0.39, 0.29) is 12.4 Å². The van der Waals surface area contributed by atoms with Crippen LogP contribution in [0.3, 0.4) is 0 Å². The van der Waals surface area contributed by atoms with E-state index in [2.05, 4.69) is 4.74 Å². The van der Waals surface area contributed by atoms with E-state index in [1.807, 2.05) is 13.8 Å². The normalized spacial score (nSPS) is 9.93. The van der Waals surface area contributed by atoms with Crippen LogP contribution in [0.5, 0.6) is 0 Å². The van der Waals surface area contributed by atoms with Crippen LogP contribution < -0.4 is 0 Å². The van der Waals surface area contributed by atoms with Crippen molar-refractivity contribution in [2.24, 2.45) is 5.92 Å². The molecule has 88 valence electrons. The predicted molar refractivity (Wildman–Crippen MR) is 55.4 cm³/mol. The summed E-state index contributed by atoms with van der Waals surface area (Å²) in [5.41, 5.74) is 0. The van der Waals surface area contributed by atoms with E-state index in [0.29, 0.717) is 19.1 Å². The molecule has 0 aromatic heterocycles. The highest BCUT2D eigenvalue weighted by Crippen LogP contribution is 1.98. The number of esters is 1. The van der Waals surface area contributed by atoms with Gasteiger partial charge in [0.15, 0.2) is 0 Å². The van der Waals surface area contributed by atoms with Crippen molar-refractivity contribution in [2.45, 2.75) is 20.3 Å². The number of ether oxygens (including phenoxy) is 2. The molecule has 0 unspecified atom stereocenters. The Morgan fingerprint density at radius 1 is 1.33 bits per heavy atom. The molecule has 0 N–H and O–H groups in total. The molecule has 0 radical (unpaired) electrons. The van der Waals surface area contributed by atoms with E-state index in [1.54, 1.807) is 7.05 Å². The summed E-state index contributed by atoms with van der Waals surface area (Å²) in [4.78, 5) is 23.5. The SMILES string of the molecule is COC(=O)CCN(C)C(=O)OCC(C)C. The van der Waals surface area contributed by atoms with Crippen LogP contribution in [0, 0.1) is 5.92 Å². The van der Waals surface area contributed by atoms with Gasteiger partial charge in [-0.2, -0.15) is 0 Å². The molecule has 0 saturated heterocycles. The maximum absolute atomic E-state index is 11.3. The molecular weight excluding hydrogens is 198 g/mol. The molecule has 15 heavy (non-hydrogen) atoms. The molecule has 0 fully saturated rings. The van der Waals surface area contributed by atoms with E-state index in [4.69, 9.17) is 4.74 Å². The summed E-state index contributed by atoms with van der Waals surface area (Å²) in [5, 5.41) is 0. The van der Waals surface area contributed by atoms with Crippen LogP contribution in [-0.4, -0.2) is 44.3 Å². The third-order valence-corrected chi connectivity index (χ3v) is 1.73. The number of methoxy groups -OCH3 is 1. The topological polar surface area (TPSA) is 55.8 Å². The monoisotopic (exact) mass is 217 g/mol. The summed E-state index contributed by atoms with van der Waals surface area (Å²) in [6, 6.07) is 0. The number of carbonyl (C=O) groups excluding carboxylic acids is 2. The standard InChI is InChI=1S/C10H19NO4/c1-8(2)7-15-10(13)11(3)6-5-9(12)14-4/h8H,5-7H2,1-4H3. The van der Waals surface area contributed by atoms with Crippen LogP contribution in [0.1, 0.15) is 20.3 Å². The van der Waals surface area contributed by atoms with Gasteiger partial charge in [0.25, 0.3) is 0 Å². The molecule has 5 nitrogen and oxygen atoms in total. The average molecular weight is 217 g/mol. The van der Waals surface area contributed by atoms with Crippen molar-refractivity contribution in [3.05, 3.63) is 0 Å². The van der Waals surface area contributed by atoms with Crippen LogP contribution in [0.2, 0.25) is 0 Å². The first-order chi connectivity index (χ1) is 6.97. The minimum absolute atomic E-state index is 0.184. The number of nitrogens with zero attached hydrogens (tertiary/aromatic N) is 1. The zero-order valence-corrected chi connectivity index (χ0v) is 9.78. The van der Waals surface area contributed by atoms with Crippen molar-refractivity contribution in [2.75, 3.05) is 27.3 Å². The summed E-state index contributed by atoms with van der Waals surface area (Å²) < 4.78 is 9.43. The van der Waals surface area contributed by atoms with Crippen molar-refractivity contribution in [1.29, 1.82) is 0 Å². The van der Waals surface area contributed by atoms with Crippen molar-refractivity contribution in [3.8, 4) is 0 Å². The molecule has 1 amide bonds. The molecule has 0 spiro atoms. The maximum Gasteiger partial charge on any atom is 0.409 e. The highest BCUT2D eigenvalue weighted by molar-refractivity contribution is 5.71. The summed E-state index contributed by atoms with van der Waals surface area (Å²) in [6.07, 6.45) is -0.225. The molecule has 0 aliphatic rings. The second kappa shape index (κ2) is 7.09.